The Labute approximate surface area is 161 Å². The van der Waals surface area contributed by atoms with Crippen LogP contribution in [0.3, 0.4) is 0 Å². The average Bonchev–Trinajstić information content (AvgIpc) is 3.11. The standard InChI is InChI=1S/C16H15F2N3O4S/c1-23-13-5-6-19-12(14(13)24-2)8-26(22)16-20-10-4-3-9(25-15(17)18)7-11(10)21-16/h3-7,15H,8H2,1-2H3,(H,20,21)/i1D3,5D,6D,8D2,15D. The number of H-pyrrole nitrogens is 1. The molecule has 1 aromatic carbocycles. The first-order chi connectivity index (χ1) is 15.5. The zero-order valence-corrected chi connectivity index (χ0v) is 13.7. The van der Waals surface area contributed by atoms with E-state index in [0.717, 1.165) is 19.2 Å². The lowest BCUT2D eigenvalue weighted by atomic mass is 10.3. The van der Waals surface area contributed by atoms with Crippen molar-refractivity contribution in [2.24, 2.45) is 0 Å². The van der Waals surface area contributed by atoms with E-state index in [2.05, 4.69) is 19.7 Å². The summed E-state index contributed by atoms with van der Waals surface area (Å²) in [4.78, 5) is 10.1. The quantitative estimate of drug-likeness (QED) is 0.667. The maximum atomic E-state index is 13.1. The molecule has 2 heterocycles. The molecule has 3 rings (SSSR count). The van der Waals surface area contributed by atoms with Gasteiger partial charge in [-0.2, -0.15) is 8.78 Å². The van der Waals surface area contributed by atoms with Crippen LogP contribution in [0.25, 0.3) is 11.0 Å². The van der Waals surface area contributed by atoms with Crippen LogP contribution in [0, 0.1) is 0 Å². The number of pyridine rings is 1. The molecule has 0 aliphatic rings. The van der Waals surface area contributed by atoms with E-state index in [1.807, 2.05) is 0 Å². The Balaban J connectivity index is 2.08. The smallest absolute Gasteiger partial charge is 0.387 e. The van der Waals surface area contributed by atoms with Crippen molar-refractivity contribution in [1.29, 1.82) is 0 Å². The summed E-state index contributed by atoms with van der Waals surface area (Å²) in [6, 6.07) is 2.54. The fourth-order valence-electron chi connectivity index (χ4n) is 2.02. The Morgan fingerprint density at radius 1 is 1.50 bits per heavy atom. The number of hydrogen-bond donors (Lipinski definition) is 1. The molecular formula is C16H15F2N3O4S. The third-order valence-corrected chi connectivity index (χ3v) is 3.98. The van der Waals surface area contributed by atoms with Gasteiger partial charge in [-0.25, -0.2) is 4.98 Å². The molecule has 1 unspecified atom stereocenters. The van der Waals surface area contributed by atoms with E-state index < -0.39 is 70.4 Å². The molecule has 7 nitrogen and oxygen atoms in total. The number of alkyl halides is 2. The maximum absolute atomic E-state index is 13.1. The molecule has 0 radical (unpaired) electrons. The van der Waals surface area contributed by atoms with E-state index >= 15 is 0 Å². The molecule has 3 aromatic rings. The van der Waals surface area contributed by atoms with E-state index in [1.165, 1.54) is 6.07 Å². The summed E-state index contributed by atoms with van der Waals surface area (Å²) < 4.78 is 113. The van der Waals surface area contributed by atoms with Crippen LogP contribution in [-0.2, 0) is 16.5 Å². The Bertz CT molecular complexity index is 1270. The minimum Gasteiger partial charge on any atom is -0.493 e. The van der Waals surface area contributed by atoms with Gasteiger partial charge >= 0.3 is 6.59 Å². The molecule has 0 saturated heterocycles. The minimum absolute atomic E-state index is 0.0370. The molecule has 10 heteroatoms. The Morgan fingerprint density at radius 2 is 2.35 bits per heavy atom. The summed E-state index contributed by atoms with van der Waals surface area (Å²) >= 11 is 0. The fourth-order valence-corrected chi connectivity index (χ4v) is 2.82. The van der Waals surface area contributed by atoms with Gasteiger partial charge < -0.3 is 19.2 Å². The van der Waals surface area contributed by atoms with Crippen molar-refractivity contribution in [3.63, 3.8) is 0 Å². The SMILES string of the molecule is [2H]c1nc(C([2H])([2H])S(=O)c2nc3ccc(OC([2H])(F)F)cc3[nH]2)c(OC)c(OC([2H])([2H])[2H])c1[2H]. The summed E-state index contributed by atoms with van der Waals surface area (Å²) in [5, 5.41) is -0.460. The molecule has 0 amide bonds. The molecule has 0 aliphatic heterocycles. The van der Waals surface area contributed by atoms with Crippen LogP contribution >= 0.6 is 0 Å². The van der Waals surface area contributed by atoms with Gasteiger partial charge in [0.25, 0.3) is 0 Å². The number of nitrogens with zero attached hydrogens (tertiary/aromatic N) is 2. The Kier molecular flexibility index (Phi) is 3.06. The number of ether oxygens (including phenoxy) is 3. The van der Waals surface area contributed by atoms with Crippen molar-refractivity contribution in [3.8, 4) is 17.2 Å². The number of aromatic amines is 1. The third-order valence-electron chi connectivity index (χ3n) is 3.06. The van der Waals surface area contributed by atoms with Crippen LogP contribution in [0.15, 0.2) is 35.6 Å². The number of methoxy groups -OCH3 is 2. The average molecular weight is 391 g/mol. The third kappa shape index (κ3) is 3.74. The topological polar surface area (TPSA) is 86.3 Å². The Hall–Kier alpha value is -2.75. The van der Waals surface area contributed by atoms with Crippen LogP contribution in [0.5, 0.6) is 17.2 Å². The van der Waals surface area contributed by atoms with Gasteiger partial charge in [0.15, 0.2) is 18.0 Å². The van der Waals surface area contributed by atoms with E-state index in [0.29, 0.717) is 0 Å². The molecule has 1 atom stereocenters. The maximum Gasteiger partial charge on any atom is 0.387 e. The second-order valence-electron chi connectivity index (χ2n) is 4.58. The second kappa shape index (κ2) is 7.65. The highest BCUT2D eigenvalue weighted by Gasteiger charge is 2.17. The number of fused-ring (bicyclic) bond motifs is 1. The number of aromatic nitrogens is 3. The van der Waals surface area contributed by atoms with Crippen molar-refractivity contribution in [2.45, 2.75) is 17.4 Å². The molecule has 0 aliphatic carbocycles. The van der Waals surface area contributed by atoms with Gasteiger partial charge in [0.2, 0.25) is 0 Å². The highest BCUT2D eigenvalue weighted by molar-refractivity contribution is 7.84. The van der Waals surface area contributed by atoms with Gasteiger partial charge in [0.1, 0.15) is 5.75 Å². The number of imidazole rings is 1. The summed E-state index contributed by atoms with van der Waals surface area (Å²) in [6.45, 7) is -4.20. The van der Waals surface area contributed by atoms with Gasteiger partial charge in [-0.05, 0) is 12.1 Å². The minimum atomic E-state index is -4.20. The lowest BCUT2D eigenvalue weighted by molar-refractivity contribution is -0.0497. The van der Waals surface area contributed by atoms with E-state index in [9.17, 15) is 13.0 Å². The fraction of sp³-hybridized carbons (Fsp3) is 0.250. The highest BCUT2D eigenvalue weighted by atomic mass is 32.2. The summed E-state index contributed by atoms with van der Waals surface area (Å²) in [5.74, 6) is -1.85. The van der Waals surface area contributed by atoms with Crippen molar-refractivity contribution in [1.82, 2.24) is 15.0 Å². The first kappa shape index (κ1) is 10.4. The summed E-state index contributed by atoms with van der Waals surface area (Å²) in [7, 11) is -4.77. The highest BCUT2D eigenvalue weighted by Crippen LogP contribution is 2.30. The van der Waals surface area contributed by atoms with Crippen LogP contribution in [0.2, 0.25) is 0 Å². The summed E-state index contributed by atoms with van der Waals surface area (Å²) in [6.07, 6.45) is -0.862. The van der Waals surface area contributed by atoms with E-state index in [4.69, 9.17) is 20.4 Å². The molecule has 26 heavy (non-hydrogen) atoms. The van der Waals surface area contributed by atoms with Gasteiger partial charge in [0.05, 0.1) is 54.2 Å². The second-order valence-corrected chi connectivity index (χ2v) is 5.71. The number of nitrogens with one attached hydrogen (secondary N) is 1. The van der Waals surface area contributed by atoms with Crippen LogP contribution < -0.4 is 14.2 Å². The Morgan fingerprint density at radius 3 is 3.08 bits per heavy atom. The van der Waals surface area contributed by atoms with Gasteiger partial charge in [-0.1, -0.05) is 0 Å². The zero-order chi connectivity index (χ0) is 25.6. The number of hydrogen-bond acceptors (Lipinski definition) is 6. The normalized spacial score (nSPS) is 18.3. The predicted molar refractivity (Wildman–Crippen MR) is 90.2 cm³/mol. The summed E-state index contributed by atoms with van der Waals surface area (Å²) in [5.41, 5.74) is -3.60. The first-order valence-corrected chi connectivity index (χ1v) is 7.91. The zero-order valence-electron chi connectivity index (χ0n) is 20.9. The first-order valence-electron chi connectivity index (χ1n) is 10.8. The van der Waals surface area contributed by atoms with Crippen molar-refractivity contribution in [3.05, 3.63) is 36.1 Å². The number of halogens is 2. The van der Waals surface area contributed by atoms with E-state index in [-0.39, 0.29) is 11.0 Å². The molecule has 138 valence electrons. The molecule has 0 fully saturated rings. The van der Waals surface area contributed by atoms with Crippen LogP contribution in [0.1, 0.15) is 16.7 Å². The molecular weight excluding hydrogens is 368 g/mol. The van der Waals surface area contributed by atoms with Gasteiger partial charge in [-0.3, -0.25) is 9.19 Å². The van der Waals surface area contributed by atoms with Crippen molar-refractivity contribution in [2.75, 3.05) is 14.1 Å². The monoisotopic (exact) mass is 391 g/mol. The van der Waals surface area contributed by atoms with Crippen molar-refractivity contribution >= 4 is 21.8 Å². The number of rotatable bonds is 7. The predicted octanol–water partition coefficient (Wildman–Crippen LogP) is 2.88. The van der Waals surface area contributed by atoms with Crippen LogP contribution in [-0.4, -0.2) is 39.9 Å². The largest absolute Gasteiger partial charge is 0.493 e. The van der Waals surface area contributed by atoms with Gasteiger partial charge in [-0.15, -0.1) is 0 Å². The molecule has 2 aromatic heterocycles. The van der Waals surface area contributed by atoms with Crippen molar-refractivity contribution < 1.29 is 38.2 Å². The molecule has 0 bridgehead atoms. The number of benzene rings is 1. The molecule has 0 saturated carbocycles. The van der Waals surface area contributed by atoms with Gasteiger partial charge in [0, 0.05) is 21.0 Å². The lowest BCUT2D eigenvalue weighted by Crippen LogP contribution is -2.04. The molecule has 1 N–H and O–H groups in total. The lowest BCUT2D eigenvalue weighted by Gasteiger charge is -2.10. The van der Waals surface area contributed by atoms with Crippen LogP contribution in [0.4, 0.5) is 8.78 Å². The molecule has 0 spiro atoms. The van der Waals surface area contributed by atoms with E-state index in [1.54, 1.807) is 0 Å².